The fourth-order valence-corrected chi connectivity index (χ4v) is 3.46. The van der Waals surface area contributed by atoms with Gasteiger partial charge in [-0.05, 0) is 24.7 Å². The Morgan fingerprint density at radius 3 is 1.65 bits per heavy atom. The maximum atomic E-state index is 12.1. The summed E-state index contributed by atoms with van der Waals surface area (Å²) in [5.41, 5.74) is 0. The van der Waals surface area contributed by atoms with E-state index in [1.807, 2.05) is 13.8 Å². The van der Waals surface area contributed by atoms with E-state index < -0.39 is 33.7 Å². The van der Waals surface area contributed by atoms with Gasteiger partial charge >= 0.3 is 41.5 Å². The number of hydrogen-bond acceptors (Lipinski definition) is 9. The van der Waals surface area contributed by atoms with E-state index in [-0.39, 0.29) is 54.6 Å². The molecule has 0 saturated carbocycles. The number of hydrazine groups is 1. The molecule has 0 aromatic heterocycles. The van der Waals surface area contributed by atoms with Gasteiger partial charge in [0.2, 0.25) is 0 Å². The second-order valence-corrected chi connectivity index (χ2v) is 8.89. The van der Waals surface area contributed by atoms with Crippen molar-refractivity contribution in [2.75, 3.05) is 13.2 Å². The molecule has 0 saturated heterocycles. The Morgan fingerprint density at radius 2 is 1.29 bits per heavy atom. The molecule has 0 spiro atoms. The first kappa shape index (κ1) is 35.4. The third-order valence-corrected chi connectivity index (χ3v) is 6.05. The zero-order valence-electron chi connectivity index (χ0n) is 19.9. The zero-order valence-corrected chi connectivity index (χ0v) is 22.7. The van der Waals surface area contributed by atoms with Crippen molar-refractivity contribution < 1.29 is 61.6 Å². The van der Waals surface area contributed by atoms with Crippen molar-refractivity contribution >= 4 is 22.1 Å². The molecule has 3 unspecified atom stereocenters. The Balaban J connectivity index is -0.00000253. The smallest absolute Gasteiger partial charge is 0.747 e. The summed E-state index contributed by atoms with van der Waals surface area (Å²) in [6, 6.07) is 0. The Bertz CT molecular complexity index is 562. The number of hydrogen-bond donors (Lipinski definition) is 2. The van der Waals surface area contributed by atoms with E-state index in [0.29, 0.717) is 0 Å². The van der Waals surface area contributed by atoms with Crippen LogP contribution in [0.1, 0.15) is 85.5 Å². The van der Waals surface area contributed by atoms with Gasteiger partial charge in [-0.3, -0.25) is 21.3 Å². The molecule has 0 aliphatic carbocycles. The summed E-state index contributed by atoms with van der Waals surface area (Å²) in [5, 5.41) is -2.06. The van der Waals surface area contributed by atoms with E-state index in [2.05, 4.69) is 25.5 Å². The van der Waals surface area contributed by atoms with Crippen LogP contribution in [0, 0.1) is 11.8 Å². The van der Waals surface area contributed by atoms with Crippen molar-refractivity contribution in [2.24, 2.45) is 23.5 Å². The molecule has 0 aromatic rings. The van der Waals surface area contributed by atoms with Crippen LogP contribution in [0.4, 0.5) is 0 Å². The van der Waals surface area contributed by atoms with E-state index in [9.17, 15) is 22.6 Å². The molecular weight excluding hydrogens is 435 g/mol. The van der Waals surface area contributed by atoms with Gasteiger partial charge in [0, 0.05) is 0 Å². The van der Waals surface area contributed by atoms with E-state index in [1.54, 1.807) is 0 Å². The minimum atomic E-state index is -5.01. The average molecular weight is 477 g/mol. The van der Waals surface area contributed by atoms with Crippen LogP contribution < -0.4 is 41.2 Å². The first-order valence-corrected chi connectivity index (χ1v) is 12.3. The van der Waals surface area contributed by atoms with Gasteiger partial charge in [-0.25, -0.2) is 8.42 Å². The topological polar surface area (TPSA) is 162 Å². The SMILES string of the molecule is CCCCC(CC)COC(=O)CC(C(=O)OCC(CC)CCCC)S(=O)(=O)[O-].NN.[Na+]. The molecule has 11 heteroatoms. The number of nitrogens with two attached hydrogens (primary N) is 2. The second-order valence-electron chi connectivity index (χ2n) is 7.33. The maximum absolute atomic E-state index is 12.1. The molecule has 0 bridgehead atoms. The standard InChI is InChI=1S/C20H38O7S.H4N2.Na/c1-5-9-11-16(7-3)14-26-19(21)13-18(28(23,24)25)20(22)27-15-17(8-4)12-10-6-2;1-2;/h16-18H,5-15H2,1-4H3,(H,23,24,25);1-2H2;/q;;+1/p-1. The predicted molar refractivity (Wildman–Crippen MR) is 115 cm³/mol. The summed E-state index contributed by atoms with van der Waals surface area (Å²) >= 11 is 0. The molecule has 9 nitrogen and oxygen atoms in total. The van der Waals surface area contributed by atoms with Crippen LogP contribution in [0.25, 0.3) is 0 Å². The number of unbranched alkanes of at least 4 members (excludes halogenated alkanes) is 2. The fourth-order valence-electron chi connectivity index (χ4n) is 2.81. The molecule has 4 N–H and O–H groups in total. The largest absolute Gasteiger partial charge is 1.00 e. The van der Waals surface area contributed by atoms with E-state index in [0.717, 1.165) is 51.4 Å². The third-order valence-electron chi connectivity index (χ3n) is 4.99. The third kappa shape index (κ3) is 17.9. The molecule has 0 aromatic carbocycles. The Kier molecular flexibility index (Phi) is 24.6. The Hall–Kier alpha value is -0.230. The van der Waals surface area contributed by atoms with Gasteiger partial charge in [0.1, 0.15) is 10.1 Å². The van der Waals surface area contributed by atoms with Crippen LogP contribution in [0.2, 0.25) is 0 Å². The maximum Gasteiger partial charge on any atom is 1.00 e. The van der Waals surface area contributed by atoms with Gasteiger partial charge in [-0.15, -0.1) is 0 Å². The Morgan fingerprint density at radius 1 is 0.871 bits per heavy atom. The number of carbonyl (C=O) groups is 2. The normalized spacial score (nSPS) is 13.6. The van der Waals surface area contributed by atoms with E-state index in [4.69, 9.17) is 9.47 Å². The summed E-state index contributed by atoms with van der Waals surface area (Å²) in [6.07, 6.45) is 6.58. The summed E-state index contributed by atoms with van der Waals surface area (Å²) in [4.78, 5) is 24.1. The van der Waals surface area contributed by atoms with Crippen molar-refractivity contribution in [3.63, 3.8) is 0 Å². The predicted octanol–water partition coefficient (Wildman–Crippen LogP) is -0.368. The van der Waals surface area contributed by atoms with Crippen LogP contribution in [-0.2, 0) is 29.2 Å². The van der Waals surface area contributed by atoms with Gasteiger partial charge in [0.05, 0.1) is 19.6 Å². The molecule has 180 valence electrons. The number of carbonyl (C=O) groups excluding carboxylic acids is 2. The van der Waals surface area contributed by atoms with Crippen molar-refractivity contribution in [3.05, 3.63) is 0 Å². The minimum Gasteiger partial charge on any atom is -0.747 e. The summed E-state index contributed by atoms with van der Waals surface area (Å²) in [5.74, 6) is 6.26. The molecule has 31 heavy (non-hydrogen) atoms. The summed E-state index contributed by atoms with van der Waals surface area (Å²) < 4.78 is 44.6. The Labute approximate surface area is 210 Å². The van der Waals surface area contributed by atoms with Crippen molar-refractivity contribution in [1.82, 2.24) is 0 Å². The molecule has 0 heterocycles. The average Bonchev–Trinajstić information content (AvgIpc) is 2.72. The summed E-state index contributed by atoms with van der Waals surface area (Å²) in [6.45, 7) is 8.26. The van der Waals surface area contributed by atoms with Crippen LogP contribution in [0.5, 0.6) is 0 Å². The number of rotatable bonds is 16. The minimum absolute atomic E-state index is 0. The van der Waals surface area contributed by atoms with Crippen molar-refractivity contribution in [1.29, 1.82) is 0 Å². The first-order valence-electron chi connectivity index (χ1n) is 10.8. The molecular formula is C20H41N2NaO7S. The van der Waals surface area contributed by atoms with Gasteiger partial charge in [0.15, 0.2) is 5.25 Å². The van der Waals surface area contributed by atoms with Gasteiger partial charge in [-0.2, -0.15) is 0 Å². The molecule has 0 amide bonds. The monoisotopic (exact) mass is 476 g/mol. The summed E-state index contributed by atoms with van der Waals surface area (Å²) in [7, 11) is -5.01. The first-order chi connectivity index (χ1) is 14.2. The van der Waals surface area contributed by atoms with E-state index >= 15 is 0 Å². The van der Waals surface area contributed by atoms with Crippen molar-refractivity contribution in [3.8, 4) is 0 Å². The van der Waals surface area contributed by atoms with Crippen molar-refractivity contribution in [2.45, 2.75) is 90.7 Å². The zero-order chi connectivity index (χ0) is 23.6. The van der Waals surface area contributed by atoms with Crippen LogP contribution in [-0.4, -0.2) is 43.4 Å². The fraction of sp³-hybridized carbons (Fsp3) is 0.900. The van der Waals surface area contributed by atoms with Crippen LogP contribution in [0.3, 0.4) is 0 Å². The van der Waals surface area contributed by atoms with Gasteiger partial charge in [0.25, 0.3) is 0 Å². The van der Waals surface area contributed by atoms with Gasteiger partial charge in [-0.1, -0.05) is 66.2 Å². The van der Waals surface area contributed by atoms with Crippen LogP contribution in [0.15, 0.2) is 0 Å². The molecule has 3 atom stereocenters. The van der Waals surface area contributed by atoms with Gasteiger partial charge < -0.3 is 14.0 Å². The molecule has 0 rings (SSSR count). The number of ether oxygens (including phenoxy) is 2. The molecule has 0 aliphatic rings. The molecule has 0 fully saturated rings. The van der Waals surface area contributed by atoms with Crippen LogP contribution >= 0.6 is 0 Å². The number of esters is 2. The van der Waals surface area contributed by atoms with E-state index in [1.165, 1.54) is 0 Å². The molecule has 0 aliphatic heterocycles. The quantitative estimate of drug-likeness (QED) is 0.0995. The molecule has 0 radical (unpaired) electrons. The second kappa shape index (κ2) is 21.6.